The molecule has 0 spiro atoms. The number of pyridine rings is 2. The predicted octanol–water partition coefficient (Wildman–Crippen LogP) is 3.39. The Labute approximate surface area is 185 Å². The van der Waals surface area contributed by atoms with Gasteiger partial charge in [-0.3, -0.25) is 19.6 Å². The van der Waals surface area contributed by atoms with Crippen molar-refractivity contribution in [2.75, 3.05) is 19.6 Å². The average Bonchev–Trinajstić information content (AvgIpc) is 3.23. The van der Waals surface area contributed by atoms with Crippen LogP contribution < -0.4 is 0 Å². The van der Waals surface area contributed by atoms with Crippen molar-refractivity contribution in [3.63, 3.8) is 0 Å². The Morgan fingerprint density at radius 1 is 0.875 bits per heavy atom. The molecule has 0 N–H and O–H groups in total. The third-order valence-electron chi connectivity index (χ3n) is 6.61. The van der Waals surface area contributed by atoms with E-state index in [-0.39, 0.29) is 35.5 Å². The van der Waals surface area contributed by atoms with Crippen LogP contribution in [0.5, 0.6) is 0 Å². The van der Waals surface area contributed by atoms with Crippen LogP contribution in [-0.4, -0.2) is 57.3 Å². The molecule has 0 saturated carbocycles. The predicted molar refractivity (Wildman–Crippen MR) is 116 cm³/mol. The minimum absolute atomic E-state index is 0.0173. The SMILES string of the molecule is O=C(c1cccnc1)N1CC[C@@H]2[C@H](C1)[C@@H](c1ccc(F)cc1)CN2C(=O)c1ccncc1. The van der Waals surface area contributed by atoms with Crippen molar-refractivity contribution >= 4 is 11.8 Å². The second-order valence-corrected chi connectivity index (χ2v) is 8.36. The van der Waals surface area contributed by atoms with Crippen LogP contribution in [-0.2, 0) is 0 Å². The van der Waals surface area contributed by atoms with Crippen LogP contribution in [0.2, 0.25) is 0 Å². The normalized spacial score (nSPS) is 22.5. The summed E-state index contributed by atoms with van der Waals surface area (Å²) in [6, 6.07) is 13.5. The molecule has 32 heavy (non-hydrogen) atoms. The number of carbonyl (C=O) groups excluding carboxylic acids is 2. The molecule has 2 aromatic heterocycles. The van der Waals surface area contributed by atoms with Gasteiger partial charge in [0, 0.05) is 67.9 Å². The molecule has 1 aromatic carbocycles. The van der Waals surface area contributed by atoms with Gasteiger partial charge in [0.25, 0.3) is 11.8 Å². The van der Waals surface area contributed by atoms with Gasteiger partial charge in [-0.15, -0.1) is 0 Å². The second kappa shape index (κ2) is 8.49. The second-order valence-electron chi connectivity index (χ2n) is 8.36. The van der Waals surface area contributed by atoms with Gasteiger partial charge >= 0.3 is 0 Å². The number of aromatic nitrogens is 2. The fourth-order valence-corrected chi connectivity index (χ4v) is 5.05. The summed E-state index contributed by atoms with van der Waals surface area (Å²) in [5, 5.41) is 0. The number of carbonyl (C=O) groups is 2. The largest absolute Gasteiger partial charge is 0.338 e. The van der Waals surface area contributed by atoms with Gasteiger partial charge in [-0.2, -0.15) is 0 Å². The number of hydrogen-bond acceptors (Lipinski definition) is 4. The molecule has 6 nitrogen and oxygen atoms in total. The Hall–Kier alpha value is -3.61. The summed E-state index contributed by atoms with van der Waals surface area (Å²) in [6.45, 7) is 1.66. The van der Waals surface area contributed by atoms with Crippen LogP contribution in [0, 0.1) is 11.7 Å². The Morgan fingerprint density at radius 2 is 1.66 bits per heavy atom. The Bertz CT molecular complexity index is 1110. The zero-order valence-corrected chi connectivity index (χ0v) is 17.5. The molecule has 2 saturated heterocycles. The van der Waals surface area contributed by atoms with Gasteiger partial charge in [0.15, 0.2) is 0 Å². The van der Waals surface area contributed by atoms with Gasteiger partial charge < -0.3 is 9.80 Å². The minimum atomic E-state index is -0.287. The lowest BCUT2D eigenvalue weighted by atomic mass is 9.81. The first-order chi connectivity index (χ1) is 15.6. The molecule has 2 aliphatic heterocycles. The van der Waals surface area contributed by atoms with Crippen LogP contribution in [0.1, 0.15) is 38.6 Å². The van der Waals surface area contributed by atoms with Gasteiger partial charge in [-0.1, -0.05) is 12.1 Å². The number of amides is 2. The van der Waals surface area contributed by atoms with Crippen molar-refractivity contribution in [3.8, 4) is 0 Å². The van der Waals surface area contributed by atoms with Crippen LogP contribution in [0.4, 0.5) is 4.39 Å². The van der Waals surface area contributed by atoms with Crippen LogP contribution in [0.25, 0.3) is 0 Å². The fraction of sp³-hybridized carbons (Fsp3) is 0.280. The zero-order chi connectivity index (χ0) is 22.1. The smallest absolute Gasteiger partial charge is 0.255 e. The lowest BCUT2D eigenvalue weighted by Gasteiger charge is -2.39. The average molecular weight is 430 g/mol. The topological polar surface area (TPSA) is 66.4 Å². The third-order valence-corrected chi connectivity index (χ3v) is 6.61. The van der Waals surface area contributed by atoms with Crippen molar-refractivity contribution in [2.45, 2.75) is 18.4 Å². The van der Waals surface area contributed by atoms with Gasteiger partial charge in [0.2, 0.25) is 0 Å². The van der Waals surface area contributed by atoms with E-state index >= 15 is 0 Å². The number of likely N-dealkylation sites (tertiary alicyclic amines) is 2. The lowest BCUT2D eigenvalue weighted by Crippen LogP contribution is -2.49. The highest BCUT2D eigenvalue weighted by atomic mass is 19.1. The van der Waals surface area contributed by atoms with Gasteiger partial charge in [0.05, 0.1) is 5.56 Å². The third kappa shape index (κ3) is 3.75. The number of piperidine rings is 1. The monoisotopic (exact) mass is 430 g/mol. The van der Waals surface area contributed by atoms with E-state index in [9.17, 15) is 14.0 Å². The van der Waals surface area contributed by atoms with E-state index < -0.39 is 0 Å². The van der Waals surface area contributed by atoms with Crippen molar-refractivity contribution < 1.29 is 14.0 Å². The first-order valence-corrected chi connectivity index (χ1v) is 10.8. The minimum Gasteiger partial charge on any atom is -0.338 e. The van der Waals surface area contributed by atoms with E-state index in [1.165, 1.54) is 12.1 Å². The lowest BCUT2D eigenvalue weighted by molar-refractivity contribution is 0.0533. The molecule has 0 aliphatic carbocycles. The van der Waals surface area contributed by atoms with Gasteiger partial charge in [0.1, 0.15) is 5.82 Å². The Morgan fingerprint density at radius 3 is 2.38 bits per heavy atom. The summed E-state index contributed by atoms with van der Waals surface area (Å²) < 4.78 is 13.6. The van der Waals surface area contributed by atoms with Crippen LogP contribution in [0.3, 0.4) is 0 Å². The van der Waals surface area contributed by atoms with E-state index in [4.69, 9.17) is 0 Å². The molecule has 3 aromatic rings. The number of benzene rings is 1. The molecule has 5 rings (SSSR count). The maximum atomic E-state index is 13.6. The molecule has 0 radical (unpaired) electrons. The summed E-state index contributed by atoms with van der Waals surface area (Å²) in [6.07, 6.45) is 7.17. The molecule has 4 heterocycles. The Balaban J connectivity index is 1.44. The molecular formula is C25H23FN4O2. The van der Waals surface area contributed by atoms with E-state index in [0.717, 1.165) is 5.56 Å². The summed E-state index contributed by atoms with van der Waals surface area (Å²) >= 11 is 0. The molecule has 2 aliphatic rings. The van der Waals surface area contributed by atoms with E-state index in [1.54, 1.807) is 61.2 Å². The molecule has 162 valence electrons. The van der Waals surface area contributed by atoms with Crippen molar-refractivity contribution in [1.82, 2.24) is 19.8 Å². The number of rotatable bonds is 3. The highest BCUT2D eigenvalue weighted by Gasteiger charge is 2.47. The Kier molecular flexibility index (Phi) is 5.39. The molecular weight excluding hydrogens is 407 g/mol. The summed E-state index contributed by atoms with van der Waals surface area (Å²) in [5.74, 6) is -0.270. The maximum Gasteiger partial charge on any atom is 0.255 e. The highest BCUT2D eigenvalue weighted by molar-refractivity contribution is 5.95. The first kappa shape index (κ1) is 20.3. The maximum absolute atomic E-state index is 13.6. The number of hydrogen-bond donors (Lipinski definition) is 0. The van der Waals surface area contributed by atoms with Gasteiger partial charge in [-0.25, -0.2) is 4.39 Å². The highest BCUT2D eigenvalue weighted by Crippen LogP contribution is 2.42. The summed E-state index contributed by atoms with van der Waals surface area (Å²) in [7, 11) is 0. The van der Waals surface area contributed by atoms with Crippen molar-refractivity contribution in [1.29, 1.82) is 0 Å². The van der Waals surface area contributed by atoms with Crippen molar-refractivity contribution in [2.24, 2.45) is 5.92 Å². The van der Waals surface area contributed by atoms with E-state index in [1.807, 2.05) is 9.80 Å². The standard InChI is InChI=1S/C25H23FN4O2/c26-20-5-3-17(4-6-20)21-16-30(25(32)18-7-11-27-12-8-18)23-9-13-29(15-22(21)23)24(31)19-2-1-10-28-14-19/h1-8,10-12,14,21-23H,9,13,15-16H2/t21-,22-,23-/m1/s1. The van der Waals surface area contributed by atoms with Gasteiger partial charge in [-0.05, 0) is 48.4 Å². The zero-order valence-electron chi connectivity index (χ0n) is 17.5. The van der Waals surface area contributed by atoms with E-state index in [2.05, 4.69) is 9.97 Å². The first-order valence-electron chi connectivity index (χ1n) is 10.8. The fourth-order valence-electron chi connectivity index (χ4n) is 5.05. The molecule has 3 atom stereocenters. The van der Waals surface area contributed by atoms with Crippen LogP contribution in [0.15, 0.2) is 73.3 Å². The molecule has 0 unspecified atom stereocenters. The quantitative estimate of drug-likeness (QED) is 0.639. The van der Waals surface area contributed by atoms with Crippen LogP contribution >= 0.6 is 0 Å². The number of fused-ring (bicyclic) bond motifs is 1. The summed E-state index contributed by atoms with van der Waals surface area (Å²) in [5.41, 5.74) is 2.15. The number of halogens is 1. The van der Waals surface area contributed by atoms with E-state index in [0.29, 0.717) is 37.2 Å². The van der Waals surface area contributed by atoms with Crippen molar-refractivity contribution in [3.05, 3.63) is 95.8 Å². The molecule has 2 fully saturated rings. The molecule has 7 heteroatoms. The summed E-state index contributed by atoms with van der Waals surface area (Å²) in [4.78, 5) is 38.2. The molecule has 0 bridgehead atoms. The molecule has 2 amide bonds. The number of nitrogens with zero attached hydrogens (tertiary/aromatic N) is 4.